The third-order valence-electron chi connectivity index (χ3n) is 2.39. The summed E-state index contributed by atoms with van der Waals surface area (Å²) in [5.41, 5.74) is 1.82. The van der Waals surface area contributed by atoms with Crippen molar-refractivity contribution in [1.82, 2.24) is 0 Å². The lowest BCUT2D eigenvalue weighted by atomic mass is 10.1. The number of hydrogen-bond donors (Lipinski definition) is 0. The second kappa shape index (κ2) is 7.17. The Morgan fingerprint density at radius 2 is 1.80 bits per heavy atom. The summed E-state index contributed by atoms with van der Waals surface area (Å²) < 4.78 is 10.8. The number of halogens is 1. The van der Waals surface area contributed by atoms with Crippen molar-refractivity contribution in [3.8, 4) is 0 Å². The van der Waals surface area contributed by atoms with E-state index in [0.717, 1.165) is 11.8 Å². The van der Waals surface area contributed by atoms with Crippen molar-refractivity contribution in [2.75, 3.05) is 19.5 Å². The second-order valence-corrected chi connectivity index (χ2v) is 6.71. The quantitative estimate of drug-likeness (QED) is 0.592. The van der Waals surface area contributed by atoms with Crippen LogP contribution in [0.4, 0.5) is 0 Å². The van der Waals surface area contributed by atoms with Crippen LogP contribution < -0.4 is 0 Å². The third-order valence-corrected chi connectivity index (χ3v) is 6.08. The van der Waals surface area contributed by atoms with Gasteiger partial charge in [-0.15, -0.1) is 0 Å². The Morgan fingerprint density at radius 1 is 1.20 bits per heavy atom. The van der Waals surface area contributed by atoms with E-state index in [9.17, 15) is 0 Å². The molecule has 1 rings (SSSR count). The van der Waals surface area contributed by atoms with Crippen LogP contribution in [0.3, 0.4) is 0 Å². The Hall–Kier alpha value is -0.163. The van der Waals surface area contributed by atoms with Crippen LogP contribution in [-0.2, 0) is 15.3 Å². The van der Waals surface area contributed by atoms with Gasteiger partial charge < -0.3 is 8.85 Å². The van der Waals surface area contributed by atoms with E-state index in [-0.39, 0.29) is 0 Å². The topological polar surface area (TPSA) is 18.5 Å². The summed E-state index contributed by atoms with van der Waals surface area (Å²) in [5, 5.41) is 0.931. The van der Waals surface area contributed by atoms with Crippen molar-refractivity contribution in [3.63, 3.8) is 0 Å². The van der Waals surface area contributed by atoms with Crippen molar-refractivity contribution >= 4 is 25.2 Å². The largest absolute Gasteiger partial charge is 0.400 e. The lowest BCUT2D eigenvalue weighted by Crippen LogP contribution is -2.28. The van der Waals surface area contributed by atoms with Crippen LogP contribution in [-0.4, -0.2) is 28.8 Å². The van der Waals surface area contributed by atoms with Crippen LogP contribution >= 0.6 is 15.9 Å². The molecule has 1 aromatic rings. The zero-order valence-corrected chi connectivity index (χ0v) is 11.9. The molecule has 0 saturated carbocycles. The van der Waals surface area contributed by atoms with Crippen LogP contribution in [0.2, 0.25) is 5.54 Å². The Labute approximate surface area is 102 Å². The van der Waals surface area contributed by atoms with Crippen molar-refractivity contribution < 1.29 is 8.85 Å². The maximum absolute atomic E-state index is 5.41. The number of benzene rings is 1. The van der Waals surface area contributed by atoms with E-state index in [0.29, 0.717) is 5.54 Å². The molecule has 0 fully saturated rings. The summed E-state index contributed by atoms with van der Waals surface area (Å²) in [6, 6.07) is 10.5. The minimum atomic E-state index is -1.52. The lowest BCUT2D eigenvalue weighted by molar-refractivity contribution is 0.267. The van der Waals surface area contributed by atoms with Gasteiger partial charge in [0.25, 0.3) is 0 Å². The Bertz CT molecular complexity index is 265. The molecule has 0 spiro atoms. The first-order chi connectivity index (χ1) is 7.31. The van der Waals surface area contributed by atoms with Gasteiger partial charge in [-0.2, -0.15) is 0 Å². The van der Waals surface area contributed by atoms with Crippen molar-refractivity contribution in [3.05, 3.63) is 35.9 Å². The zero-order chi connectivity index (χ0) is 11.1. The maximum atomic E-state index is 5.41. The molecule has 1 unspecified atom stereocenters. The van der Waals surface area contributed by atoms with Crippen LogP contribution in [0.25, 0.3) is 0 Å². The second-order valence-electron chi connectivity index (χ2n) is 3.44. The van der Waals surface area contributed by atoms with Crippen LogP contribution in [0, 0.1) is 0 Å². The Balaban J connectivity index is 2.61. The van der Waals surface area contributed by atoms with Gasteiger partial charge in [-0.1, -0.05) is 46.3 Å². The van der Waals surface area contributed by atoms with Gasteiger partial charge >= 0.3 is 9.28 Å². The molecule has 0 saturated heterocycles. The van der Waals surface area contributed by atoms with E-state index in [1.54, 1.807) is 14.2 Å². The van der Waals surface area contributed by atoms with Gasteiger partial charge in [0.15, 0.2) is 0 Å². The molecule has 0 aromatic heterocycles. The monoisotopic (exact) mass is 288 g/mol. The van der Waals surface area contributed by atoms with E-state index in [2.05, 4.69) is 40.2 Å². The predicted octanol–water partition coefficient (Wildman–Crippen LogP) is 2.51. The predicted molar refractivity (Wildman–Crippen MR) is 68.9 cm³/mol. The molecule has 4 heteroatoms. The first kappa shape index (κ1) is 12.9. The molecule has 84 valence electrons. The first-order valence-corrected chi connectivity index (χ1v) is 7.70. The highest BCUT2D eigenvalue weighted by Gasteiger charge is 2.23. The number of rotatable bonds is 6. The van der Waals surface area contributed by atoms with Crippen LogP contribution in [0.15, 0.2) is 30.3 Å². The molecular formula is C11H17BrO2Si. The average molecular weight is 289 g/mol. The van der Waals surface area contributed by atoms with Gasteiger partial charge in [0.1, 0.15) is 0 Å². The van der Waals surface area contributed by atoms with Gasteiger partial charge in [0.2, 0.25) is 0 Å². The van der Waals surface area contributed by atoms with Crippen LogP contribution in [0.5, 0.6) is 0 Å². The Morgan fingerprint density at radius 3 is 2.27 bits per heavy atom. The van der Waals surface area contributed by atoms with E-state index in [1.165, 1.54) is 5.56 Å². The minimum Gasteiger partial charge on any atom is -0.400 e. The van der Waals surface area contributed by atoms with Crippen LogP contribution in [0.1, 0.15) is 5.56 Å². The van der Waals surface area contributed by atoms with Gasteiger partial charge in [-0.25, -0.2) is 0 Å². The molecule has 15 heavy (non-hydrogen) atoms. The molecule has 1 aromatic carbocycles. The fourth-order valence-corrected chi connectivity index (χ4v) is 4.34. The van der Waals surface area contributed by atoms with Gasteiger partial charge in [-0.05, 0) is 12.0 Å². The molecule has 0 aliphatic carbocycles. The average Bonchev–Trinajstić information content (AvgIpc) is 2.30. The summed E-state index contributed by atoms with van der Waals surface area (Å²) in [6.45, 7) is 0. The fraction of sp³-hybridized carbons (Fsp3) is 0.455. The molecular weight excluding hydrogens is 272 g/mol. The van der Waals surface area contributed by atoms with E-state index in [4.69, 9.17) is 8.85 Å². The molecule has 2 nitrogen and oxygen atoms in total. The highest BCUT2D eigenvalue weighted by molar-refractivity contribution is 9.09. The highest BCUT2D eigenvalue weighted by atomic mass is 79.9. The molecule has 0 radical (unpaired) electrons. The molecule has 0 bridgehead atoms. The first-order valence-electron chi connectivity index (χ1n) is 4.97. The normalized spacial score (nSPS) is 13.1. The molecule has 0 amide bonds. The van der Waals surface area contributed by atoms with Gasteiger partial charge in [-0.3, -0.25) is 0 Å². The van der Waals surface area contributed by atoms with E-state index < -0.39 is 9.28 Å². The van der Waals surface area contributed by atoms with Crippen molar-refractivity contribution in [1.29, 1.82) is 0 Å². The standard InChI is InChI=1S/C11H17BrO2Si/c1-13-15(14-2)11(9-12)8-10-6-4-3-5-7-10/h3-7,11,15H,8-9H2,1-2H3. The number of hydrogen-bond acceptors (Lipinski definition) is 2. The summed E-state index contributed by atoms with van der Waals surface area (Å²) in [4.78, 5) is 0. The molecule has 0 N–H and O–H groups in total. The Kier molecular flexibility index (Phi) is 6.17. The number of alkyl halides is 1. The van der Waals surface area contributed by atoms with E-state index >= 15 is 0 Å². The minimum absolute atomic E-state index is 0.474. The summed E-state index contributed by atoms with van der Waals surface area (Å²) >= 11 is 3.53. The summed E-state index contributed by atoms with van der Waals surface area (Å²) in [6.07, 6.45) is 1.02. The van der Waals surface area contributed by atoms with Gasteiger partial charge in [0.05, 0.1) is 0 Å². The lowest BCUT2D eigenvalue weighted by Gasteiger charge is -2.20. The fourth-order valence-electron chi connectivity index (χ4n) is 1.62. The summed E-state index contributed by atoms with van der Waals surface area (Å²) in [7, 11) is 1.95. The smallest absolute Gasteiger partial charge is 0.325 e. The molecule has 0 aliphatic heterocycles. The summed E-state index contributed by atoms with van der Waals surface area (Å²) in [5.74, 6) is 0. The van der Waals surface area contributed by atoms with Gasteiger partial charge in [0, 0.05) is 25.1 Å². The maximum Gasteiger partial charge on any atom is 0.325 e. The van der Waals surface area contributed by atoms with Crippen molar-refractivity contribution in [2.24, 2.45) is 0 Å². The molecule has 0 aliphatic rings. The molecule has 1 atom stereocenters. The SMILES string of the molecule is CO[SiH](OC)C(CBr)Cc1ccccc1. The van der Waals surface area contributed by atoms with E-state index in [1.807, 2.05) is 6.07 Å². The highest BCUT2D eigenvalue weighted by Crippen LogP contribution is 2.20. The third kappa shape index (κ3) is 4.07. The zero-order valence-electron chi connectivity index (χ0n) is 9.15. The molecule has 0 heterocycles. The van der Waals surface area contributed by atoms with Crippen molar-refractivity contribution in [2.45, 2.75) is 12.0 Å².